The Morgan fingerprint density at radius 2 is 1.69 bits per heavy atom. The normalized spacial score (nSPS) is 13.1. The van der Waals surface area contributed by atoms with Gasteiger partial charge in [0, 0.05) is 6.54 Å². The molecular weight excluding hydrogens is 198 g/mol. The lowest BCUT2D eigenvalue weighted by atomic mass is 10.0. The quantitative estimate of drug-likeness (QED) is 0.798. The molecule has 0 fully saturated rings. The molecule has 0 aliphatic heterocycles. The minimum atomic E-state index is -0.332. The second-order valence-corrected chi connectivity index (χ2v) is 4.24. The number of nitrogens with zero attached hydrogens (tertiary/aromatic N) is 1. The van der Waals surface area contributed by atoms with Crippen LogP contribution in [-0.4, -0.2) is 29.6 Å². The number of hydrogen-bond donors (Lipinski definition) is 1. The van der Waals surface area contributed by atoms with E-state index in [1.165, 1.54) is 5.56 Å². The van der Waals surface area contributed by atoms with Crippen LogP contribution in [-0.2, 0) is 0 Å². The van der Waals surface area contributed by atoms with E-state index in [2.05, 4.69) is 37.8 Å². The Bertz CT molecular complexity index is 290. The van der Waals surface area contributed by atoms with E-state index >= 15 is 0 Å². The lowest BCUT2D eigenvalue weighted by molar-refractivity contribution is 0.145. The fourth-order valence-electron chi connectivity index (χ4n) is 1.80. The third-order valence-electron chi connectivity index (χ3n) is 3.08. The lowest BCUT2D eigenvalue weighted by Gasteiger charge is -2.20. The standard InChI is InChI=1S/C14H23NO/c1-4-15(5-2)11-10-14(16)13-8-6-12(3)7-9-13/h6-9,14,16H,4-5,10-11H2,1-3H3. The second kappa shape index (κ2) is 6.66. The Morgan fingerprint density at radius 1 is 1.12 bits per heavy atom. The zero-order chi connectivity index (χ0) is 12.0. The van der Waals surface area contributed by atoms with Gasteiger partial charge in [-0.25, -0.2) is 0 Å². The van der Waals surface area contributed by atoms with Crippen molar-refractivity contribution in [3.8, 4) is 0 Å². The molecule has 0 spiro atoms. The fraction of sp³-hybridized carbons (Fsp3) is 0.571. The first-order valence-electron chi connectivity index (χ1n) is 6.14. The van der Waals surface area contributed by atoms with Gasteiger partial charge < -0.3 is 10.0 Å². The van der Waals surface area contributed by atoms with Crippen molar-refractivity contribution in [2.45, 2.75) is 33.3 Å². The maximum Gasteiger partial charge on any atom is 0.0802 e. The average Bonchev–Trinajstić information content (AvgIpc) is 2.31. The fourth-order valence-corrected chi connectivity index (χ4v) is 1.80. The van der Waals surface area contributed by atoms with E-state index < -0.39 is 0 Å². The van der Waals surface area contributed by atoms with Crippen molar-refractivity contribution < 1.29 is 5.11 Å². The molecular formula is C14H23NO. The first-order valence-corrected chi connectivity index (χ1v) is 6.14. The van der Waals surface area contributed by atoms with Crippen LogP contribution in [0.5, 0.6) is 0 Å². The minimum absolute atomic E-state index is 0.332. The maximum absolute atomic E-state index is 10.0. The van der Waals surface area contributed by atoms with E-state index in [1.807, 2.05) is 12.1 Å². The number of aliphatic hydroxyl groups excluding tert-OH is 1. The van der Waals surface area contributed by atoms with Gasteiger partial charge in [-0.3, -0.25) is 0 Å². The van der Waals surface area contributed by atoms with Crippen LogP contribution in [0.2, 0.25) is 0 Å². The molecule has 0 amide bonds. The predicted octanol–water partition coefficient (Wildman–Crippen LogP) is 2.76. The van der Waals surface area contributed by atoms with Crippen molar-refractivity contribution in [2.75, 3.05) is 19.6 Å². The van der Waals surface area contributed by atoms with Gasteiger partial charge in [-0.1, -0.05) is 43.7 Å². The van der Waals surface area contributed by atoms with Crippen LogP contribution in [0.1, 0.15) is 37.5 Å². The Morgan fingerprint density at radius 3 is 2.19 bits per heavy atom. The SMILES string of the molecule is CCN(CC)CCC(O)c1ccc(C)cc1. The zero-order valence-electron chi connectivity index (χ0n) is 10.6. The summed E-state index contributed by atoms with van der Waals surface area (Å²) in [4.78, 5) is 2.33. The Hall–Kier alpha value is -0.860. The van der Waals surface area contributed by atoms with Gasteiger partial charge in [-0.15, -0.1) is 0 Å². The summed E-state index contributed by atoms with van der Waals surface area (Å²) in [6.45, 7) is 9.44. The molecule has 0 radical (unpaired) electrons. The molecule has 1 aromatic carbocycles. The van der Waals surface area contributed by atoms with Crippen molar-refractivity contribution in [1.82, 2.24) is 4.90 Å². The molecule has 0 saturated heterocycles. The van der Waals surface area contributed by atoms with Gasteiger partial charge in [0.15, 0.2) is 0 Å². The Labute approximate surface area is 98.9 Å². The third kappa shape index (κ3) is 3.95. The van der Waals surface area contributed by atoms with Gasteiger partial charge in [0.25, 0.3) is 0 Å². The number of benzene rings is 1. The van der Waals surface area contributed by atoms with Crippen LogP contribution in [0.25, 0.3) is 0 Å². The molecule has 1 aromatic rings. The van der Waals surface area contributed by atoms with E-state index in [-0.39, 0.29) is 6.10 Å². The summed E-state index contributed by atoms with van der Waals surface area (Å²) in [5.41, 5.74) is 2.26. The topological polar surface area (TPSA) is 23.5 Å². The minimum Gasteiger partial charge on any atom is -0.388 e. The van der Waals surface area contributed by atoms with Crippen molar-refractivity contribution in [2.24, 2.45) is 0 Å². The van der Waals surface area contributed by atoms with Crippen LogP contribution in [0.15, 0.2) is 24.3 Å². The smallest absolute Gasteiger partial charge is 0.0802 e. The molecule has 16 heavy (non-hydrogen) atoms. The van der Waals surface area contributed by atoms with Crippen molar-refractivity contribution in [3.05, 3.63) is 35.4 Å². The molecule has 0 heterocycles. The maximum atomic E-state index is 10.0. The summed E-state index contributed by atoms with van der Waals surface area (Å²) < 4.78 is 0. The third-order valence-corrected chi connectivity index (χ3v) is 3.08. The van der Waals surface area contributed by atoms with Gasteiger partial charge in [0.2, 0.25) is 0 Å². The van der Waals surface area contributed by atoms with Crippen LogP contribution >= 0.6 is 0 Å². The molecule has 0 aliphatic carbocycles. The van der Waals surface area contributed by atoms with Gasteiger partial charge in [0.1, 0.15) is 0 Å². The number of aliphatic hydroxyl groups is 1. The summed E-state index contributed by atoms with van der Waals surface area (Å²) in [6, 6.07) is 8.14. The molecule has 0 bridgehead atoms. The van der Waals surface area contributed by atoms with E-state index in [0.29, 0.717) is 0 Å². The summed E-state index contributed by atoms with van der Waals surface area (Å²) >= 11 is 0. The van der Waals surface area contributed by atoms with E-state index in [9.17, 15) is 5.11 Å². The van der Waals surface area contributed by atoms with Crippen LogP contribution in [0.3, 0.4) is 0 Å². The highest BCUT2D eigenvalue weighted by atomic mass is 16.3. The molecule has 0 aromatic heterocycles. The average molecular weight is 221 g/mol. The summed E-state index contributed by atoms with van der Waals surface area (Å²) in [5.74, 6) is 0. The zero-order valence-corrected chi connectivity index (χ0v) is 10.6. The molecule has 1 rings (SSSR count). The second-order valence-electron chi connectivity index (χ2n) is 4.24. The molecule has 90 valence electrons. The van der Waals surface area contributed by atoms with Crippen molar-refractivity contribution >= 4 is 0 Å². The number of rotatable bonds is 6. The van der Waals surface area contributed by atoms with Gasteiger partial charge >= 0.3 is 0 Å². The molecule has 1 N–H and O–H groups in total. The van der Waals surface area contributed by atoms with Crippen LogP contribution < -0.4 is 0 Å². The Balaban J connectivity index is 2.46. The van der Waals surface area contributed by atoms with Crippen LogP contribution in [0, 0.1) is 6.92 Å². The highest BCUT2D eigenvalue weighted by Crippen LogP contribution is 2.17. The largest absolute Gasteiger partial charge is 0.388 e. The van der Waals surface area contributed by atoms with E-state index in [0.717, 1.165) is 31.6 Å². The molecule has 1 atom stereocenters. The molecule has 1 unspecified atom stereocenters. The summed E-state index contributed by atoms with van der Waals surface area (Å²) in [7, 11) is 0. The highest BCUT2D eigenvalue weighted by Gasteiger charge is 2.08. The van der Waals surface area contributed by atoms with Crippen molar-refractivity contribution in [3.63, 3.8) is 0 Å². The molecule has 2 nitrogen and oxygen atoms in total. The molecule has 0 saturated carbocycles. The summed E-state index contributed by atoms with van der Waals surface area (Å²) in [6.07, 6.45) is 0.478. The first-order chi connectivity index (χ1) is 7.67. The first kappa shape index (κ1) is 13.2. The predicted molar refractivity (Wildman–Crippen MR) is 68.5 cm³/mol. The molecule has 0 aliphatic rings. The monoisotopic (exact) mass is 221 g/mol. The van der Waals surface area contributed by atoms with Crippen molar-refractivity contribution in [1.29, 1.82) is 0 Å². The van der Waals surface area contributed by atoms with Gasteiger partial charge in [-0.2, -0.15) is 0 Å². The number of hydrogen-bond acceptors (Lipinski definition) is 2. The van der Waals surface area contributed by atoms with E-state index in [4.69, 9.17) is 0 Å². The highest BCUT2D eigenvalue weighted by molar-refractivity contribution is 5.22. The molecule has 2 heteroatoms. The summed E-state index contributed by atoms with van der Waals surface area (Å²) in [5, 5.41) is 10.0. The Kier molecular flexibility index (Phi) is 5.50. The van der Waals surface area contributed by atoms with E-state index in [1.54, 1.807) is 0 Å². The van der Waals surface area contributed by atoms with Crippen LogP contribution in [0.4, 0.5) is 0 Å². The van der Waals surface area contributed by atoms with Gasteiger partial charge in [0.05, 0.1) is 6.10 Å². The van der Waals surface area contributed by atoms with Gasteiger partial charge in [-0.05, 0) is 32.0 Å². The lowest BCUT2D eigenvalue weighted by Crippen LogP contribution is -2.25. The number of aryl methyl sites for hydroxylation is 1.